The van der Waals surface area contributed by atoms with E-state index in [4.69, 9.17) is 0 Å². The Morgan fingerprint density at radius 1 is 1.19 bits per heavy atom. The summed E-state index contributed by atoms with van der Waals surface area (Å²) in [5.74, 6) is 0.254. The van der Waals surface area contributed by atoms with E-state index in [9.17, 15) is 9.90 Å². The Balaban J connectivity index is 1.96. The standard InChI is InChI=1S/C15H14BrN3O2/c1-8(9-4-2-3-5-14(9)20)17-11-7-13-12(6-10(11)16)18-15(21)19-13/h2-8,17,20H,1H3,(H2,18,19,21). The SMILES string of the molecule is CC(Nc1cc2[nH]c(=O)[nH]c2cc1Br)c1ccccc1O. The minimum Gasteiger partial charge on any atom is -0.508 e. The molecule has 0 aliphatic rings. The largest absolute Gasteiger partial charge is 0.508 e. The van der Waals surface area contributed by atoms with E-state index < -0.39 is 0 Å². The smallest absolute Gasteiger partial charge is 0.323 e. The van der Waals surface area contributed by atoms with Gasteiger partial charge in [0.2, 0.25) is 0 Å². The molecule has 0 fully saturated rings. The third-order valence-corrected chi connectivity index (χ3v) is 4.03. The summed E-state index contributed by atoms with van der Waals surface area (Å²) >= 11 is 3.49. The number of H-pyrrole nitrogens is 2. The van der Waals surface area contributed by atoms with Gasteiger partial charge in [-0.1, -0.05) is 18.2 Å². The number of aromatic amines is 2. The van der Waals surface area contributed by atoms with Crippen molar-refractivity contribution in [3.63, 3.8) is 0 Å². The molecule has 0 amide bonds. The first-order chi connectivity index (χ1) is 10.0. The van der Waals surface area contributed by atoms with E-state index in [0.29, 0.717) is 0 Å². The Morgan fingerprint density at radius 3 is 2.57 bits per heavy atom. The Hall–Kier alpha value is -2.21. The second kappa shape index (κ2) is 5.29. The van der Waals surface area contributed by atoms with Crippen molar-refractivity contribution < 1.29 is 5.11 Å². The van der Waals surface area contributed by atoms with E-state index in [1.807, 2.05) is 31.2 Å². The zero-order valence-corrected chi connectivity index (χ0v) is 12.9. The number of hydrogen-bond acceptors (Lipinski definition) is 3. The lowest BCUT2D eigenvalue weighted by Crippen LogP contribution is -2.07. The van der Waals surface area contributed by atoms with Gasteiger partial charge in [-0.2, -0.15) is 0 Å². The van der Waals surface area contributed by atoms with Gasteiger partial charge in [0.25, 0.3) is 0 Å². The molecule has 5 nitrogen and oxygen atoms in total. The average Bonchev–Trinajstić information content (AvgIpc) is 2.78. The highest BCUT2D eigenvalue weighted by molar-refractivity contribution is 9.10. The van der Waals surface area contributed by atoms with Crippen LogP contribution in [-0.2, 0) is 0 Å². The van der Waals surface area contributed by atoms with Gasteiger partial charge in [0.15, 0.2) is 0 Å². The molecule has 1 atom stereocenters. The van der Waals surface area contributed by atoms with Crippen molar-refractivity contribution in [2.45, 2.75) is 13.0 Å². The molecule has 0 aliphatic heterocycles. The second-order valence-electron chi connectivity index (χ2n) is 4.88. The van der Waals surface area contributed by atoms with Crippen LogP contribution in [-0.4, -0.2) is 15.1 Å². The zero-order chi connectivity index (χ0) is 15.0. The molecule has 108 valence electrons. The molecule has 0 aliphatic carbocycles. The number of nitrogens with one attached hydrogen (secondary N) is 3. The minimum absolute atomic E-state index is 0.0781. The van der Waals surface area contributed by atoms with Crippen LogP contribution in [0.3, 0.4) is 0 Å². The molecule has 2 aromatic carbocycles. The van der Waals surface area contributed by atoms with E-state index >= 15 is 0 Å². The van der Waals surface area contributed by atoms with Crippen LogP contribution >= 0.6 is 15.9 Å². The maximum Gasteiger partial charge on any atom is 0.323 e. The molecular weight excluding hydrogens is 334 g/mol. The van der Waals surface area contributed by atoms with Gasteiger partial charge in [-0.25, -0.2) is 4.79 Å². The van der Waals surface area contributed by atoms with Crippen molar-refractivity contribution in [2.75, 3.05) is 5.32 Å². The molecule has 3 aromatic rings. The van der Waals surface area contributed by atoms with Gasteiger partial charge in [-0.3, -0.25) is 0 Å². The summed E-state index contributed by atoms with van der Waals surface area (Å²) in [4.78, 5) is 16.8. The zero-order valence-electron chi connectivity index (χ0n) is 11.3. The van der Waals surface area contributed by atoms with Gasteiger partial charge in [0.05, 0.1) is 22.8 Å². The van der Waals surface area contributed by atoms with Crippen LogP contribution in [0.2, 0.25) is 0 Å². The molecule has 0 spiro atoms. The summed E-state index contributed by atoms with van der Waals surface area (Å²) in [5, 5.41) is 13.2. The average molecular weight is 348 g/mol. The predicted octanol–water partition coefficient (Wildman–Crippen LogP) is 3.50. The lowest BCUT2D eigenvalue weighted by Gasteiger charge is -2.18. The fourth-order valence-corrected chi connectivity index (χ4v) is 2.79. The summed E-state index contributed by atoms with van der Waals surface area (Å²) in [7, 11) is 0. The summed E-state index contributed by atoms with van der Waals surface area (Å²) in [6.07, 6.45) is 0. The molecule has 0 saturated heterocycles. The van der Waals surface area contributed by atoms with Crippen LogP contribution in [0, 0.1) is 0 Å². The first kappa shape index (κ1) is 13.8. The number of phenols is 1. The first-order valence-corrected chi connectivity index (χ1v) is 7.30. The van der Waals surface area contributed by atoms with E-state index in [-0.39, 0.29) is 17.5 Å². The number of phenolic OH excluding ortho intramolecular Hbond substituents is 1. The quantitative estimate of drug-likeness (QED) is 0.585. The van der Waals surface area contributed by atoms with Gasteiger partial charge in [-0.05, 0) is 41.1 Å². The number of rotatable bonds is 3. The molecule has 1 unspecified atom stereocenters. The normalized spacial score (nSPS) is 12.5. The van der Waals surface area contributed by atoms with E-state index in [1.54, 1.807) is 12.1 Å². The lowest BCUT2D eigenvalue weighted by atomic mass is 10.1. The van der Waals surface area contributed by atoms with E-state index in [1.165, 1.54) is 0 Å². The number of aromatic nitrogens is 2. The molecule has 0 radical (unpaired) electrons. The lowest BCUT2D eigenvalue weighted by molar-refractivity contribution is 0.465. The molecule has 21 heavy (non-hydrogen) atoms. The van der Waals surface area contributed by atoms with Crippen LogP contribution in [0.25, 0.3) is 11.0 Å². The number of benzene rings is 2. The van der Waals surface area contributed by atoms with Crippen LogP contribution < -0.4 is 11.0 Å². The molecule has 6 heteroatoms. The van der Waals surface area contributed by atoms with Crippen LogP contribution in [0.4, 0.5) is 5.69 Å². The topological polar surface area (TPSA) is 80.9 Å². The molecule has 4 N–H and O–H groups in total. The monoisotopic (exact) mass is 347 g/mol. The third kappa shape index (κ3) is 2.67. The van der Waals surface area contributed by atoms with Crippen molar-refractivity contribution >= 4 is 32.7 Å². The highest BCUT2D eigenvalue weighted by Gasteiger charge is 2.12. The van der Waals surface area contributed by atoms with Crippen LogP contribution in [0.15, 0.2) is 45.7 Å². The molecule has 1 heterocycles. The number of imidazole rings is 1. The molecule has 3 rings (SSSR count). The van der Waals surface area contributed by atoms with Crippen molar-refractivity contribution in [1.29, 1.82) is 0 Å². The Bertz CT molecular complexity index is 853. The van der Waals surface area contributed by atoms with Crippen molar-refractivity contribution in [2.24, 2.45) is 0 Å². The van der Waals surface area contributed by atoms with Crippen molar-refractivity contribution in [1.82, 2.24) is 9.97 Å². The maximum absolute atomic E-state index is 11.3. The van der Waals surface area contributed by atoms with Crippen molar-refractivity contribution in [3.05, 3.63) is 56.9 Å². The fraction of sp³-hybridized carbons (Fsp3) is 0.133. The molecule has 0 bridgehead atoms. The third-order valence-electron chi connectivity index (χ3n) is 3.38. The molecule has 0 saturated carbocycles. The Kier molecular flexibility index (Phi) is 3.47. The van der Waals surface area contributed by atoms with Gasteiger partial charge in [-0.15, -0.1) is 0 Å². The summed E-state index contributed by atoms with van der Waals surface area (Å²) < 4.78 is 0.840. The maximum atomic E-state index is 11.3. The molecule has 1 aromatic heterocycles. The fourth-order valence-electron chi connectivity index (χ4n) is 2.33. The number of hydrogen-bond donors (Lipinski definition) is 4. The van der Waals surface area contributed by atoms with Crippen molar-refractivity contribution in [3.8, 4) is 5.75 Å². The summed E-state index contributed by atoms with van der Waals surface area (Å²) in [5.41, 5.74) is 2.89. The van der Waals surface area contributed by atoms with Crippen LogP contribution in [0.1, 0.15) is 18.5 Å². The van der Waals surface area contributed by atoms with Crippen LogP contribution in [0.5, 0.6) is 5.75 Å². The first-order valence-electron chi connectivity index (χ1n) is 6.50. The number of halogens is 1. The highest BCUT2D eigenvalue weighted by atomic mass is 79.9. The van der Waals surface area contributed by atoms with E-state index in [2.05, 4.69) is 31.2 Å². The van der Waals surface area contributed by atoms with Gasteiger partial charge in [0, 0.05) is 10.0 Å². The number of para-hydroxylation sites is 1. The highest BCUT2D eigenvalue weighted by Crippen LogP contribution is 2.31. The van der Waals surface area contributed by atoms with Gasteiger partial charge >= 0.3 is 5.69 Å². The van der Waals surface area contributed by atoms with Gasteiger partial charge in [0.1, 0.15) is 5.75 Å². The Morgan fingerprint density at radius 2 is 1.86 bits per heavy atom. The number of aromatic hydroxyl groups is 1. The predicted molar refractivity (Wildman–Crippen MR) is 86.8 cm³/mol. The van der Waals surface area contributed by atoms with Gasteiger partial charge < -0.3 is 20.4 Å². The number of anilines is 1. The summed E-state index contributed by atoms with van der Waals surface area (Å²) in [6.45, 7) is 1.96. The molecular formula is C15H14BrN3O2. The minimum atomic E-state index is -0.234. The number of fused-ring (bicyclic) bond motifs is 1. The Labute approximate surface area is 129 Å². The van der Waals surface area contributed by atoms with E-state index in [0.717, 1.165) is 26.8 Å². The summed E-state index contributed by atoms with van der Waals surface area (Å²) in [6, 6.07) is 10.8. The second-order valence-corrected chi connectivity index (χ2v) is 5.74.